The molecule has 0 saturated heterocycles. The molecule has 3 aliphatic heterocycles. The van der Waals surface area contributed by atoms with Crippen LogP contribution in [0.1, 0.15) is 22.3 Å². The summed E-state index contributed by atoms with van der Waals surface area (Å²) >= 11 is 0. The number of benzene rings is 7. The zero-order chi connectivity index (χ0) is 33.6. The predicted molar refractivity (Wildman–Crippen MR) is 205 cm³/mol. The first-order chi connectivity index (χ1) is 24.6. The van der Waals surface area contributed by atoms with Crippen molar-refractivity contribution in [2.75, 3.05) is 0 Å². The van der Waals surface area contributed by atoms with Gasteiger partial charge in [0.2, 0.25) is 0 Å². The molecule has 0 unspecified atom stereocenters. The van der Waals surface area contributed by atoms with Crippen LogP contribution >= 0.6 is 7.14 Å². The van der Waals surface area contributed by atoms with Crippen molar-refractivity contribution >= 4 is 23.1 Å². The summed E-state index contributed by atoms with van der Waals surface area (Å²) in [4.78, 5) is 0. The van der Waals surface area contributed by atoms with Crippen LogP contribution in [0, 0.1) is 13.8 Å². The molecule has 7 aromatic rings. The van der Waals surface area contributed by atoms with Crippen molar-refractivity contribution in [1.82, 2.24) is 0 Å². The molecule has 0 aromatic heterocycles. The lowest BCUT2D eigenvalue weighted by Gasteiger charge is -2.30. The zero-order valence-electron chi connectivity index (χ0n) is 27.9. The maximum absolute atomic E-state index is 17.3. The Morgan fingerprint density at radius 2 is 0.820 bits per heavy atom. The quantitative estimate of drug-likeness (QED) is 0.176. The third kappa shape index (κ3) is 3.90. The van der Waals surface area contributed by atoms with E-state index in [2.05, 4.69) is 111 Å². The number of hydrogen-bond acceptors (Lipinski definition) is 3. The van der Waals surface area contributed by atoms with E-state index in [0.29, 0.717) is 13.2 Å². The van der Waals surface area contributed by atoms with Crippen LogP contribution in [0.4, 0.5) is 0 Å². The number of rotatable bonds is 3. The van der Waals surface area contributed by atoms with Gasteiger partial charge < -0.3 is 14.0 Å². The molecule has 3 heterocycles. The van der Waals surface area contributed by atoms with Crippen LogP contribution in [0.5, 0.6) is 11.5 Å². The maximum atomic E-state index is 17.3. The summed E-state index contributed by atoms with van der Waals surface area (Å²) in [6.07, 6.45) is 0. The molecule has 4 heteroatoms. The van der Waals surface area contributed by atoms with E-state index in [0.717, 1.165) is 105 Å². The molecule has 0 saturated carbocycles. The fraction of sp³-hybridized carbons (Fsp3) is 0.0870. The summed E-state index contributed by atoms with van der Waals surface area (Å²) in [5, 5.41) is 2.69. The van der Waals surface area contributed by atoms with Crippen molar-refractivity contribution < 1.29 is 14.0 Å². The Morgan fingerprint density at radius 1 is 0.440 bits per heavy atom. The van der Waals surface area contributed by atoms with Crippen LogP contribution in [0.15, 0.2) is 140 Å². The number of ether oxygens (including phenoxy) is 2. The molecule has 0 fully saturated rings. The van der Waals surface area contributed by atoms with E-state index < -0.39 is 7.14 Å². The fourth-order valence-corrected chi connectivity index (χ4v) is 12.3. The summed E-state index contributed by atoms with van der Waals surface area (Å²) in [5.41, 5.74) is 15.2. The van der Waals surface area contributed by atoms with Gasteiger partial charge in [0.25, 0.3) is 0 Å². The highest BCUT2D eigenvalue weighted by Gasteiger charge is 2.50. The number of fused-ring (bicyclic) bond motifs is 11. The second-order valence-electron chi connectivity index (χ2n) is 13.4. The first kappa shape index (κ1) is 29.3. The van der Waals surface area contributed by atoms with Gasteiger partial charge in [-0.05, 0) is 59.4 Å². The summed E-state index contributed by atoms with van der Waals surface area (Å²) in [6.45, 7) is 5.27. The van der Waals surface area contributed by atoms with Crippen molar-refractivity contribution in [1.29, 1.82) is 0 Å². The topological polar surface area (TPSA) is 35.5 Å². The second-order valence-corrected chi connectivity index (χ2v) is 16.0. The average molecular weight is 665 g/mol. The van der Waals surface area contributed by atoms with Crippen molar-refractivity contribution in [2.24, 2.45) is 0 Å². The van der Waals surface area contributed by atoms with Gasteiger partial charge in [-0.15, -0.1) is 0 Å². The third-order valence-corrected chi connectivity index (χ3v) is 14.1. The Hall–Kier alpha value is -5.63. The SMILES string of the molecule is Cc1c2c(c3c(c1-c1ccccc1)P(=O)(c1ccccc1)c1c(-c4ccccc4)c(C)c4c(c1-3)-c1ccccc1OC4)-c1ccccc1OC2. The first-order valence-electron chi connectivity index (χ1n) is 17.2. The van der Waals surface area contributed by atoms with E-state index in [-0.39, 0.29) is 0 Å². The number of hydrogen-bond donors (Lipinski definition) is 0. The van der Waals surface area contributed by atoms with Crippen molar-refractivity contribution in [2.45, 2.75) is 27.1 Å². The van der Waals surface area contributed by atoms with Gasteiger partial charge >= 0.3 is 0 Å². The highest BCUT2D eigenvalue weighted by atomic mass is 31.2. The van der Waals surface area contributed by atoms with Crippen LogP contribution in [-0.4, -0.2) is 0 Å². The lowest BCUT2D eigenvalue weighted by molar-refractivity contribution is 0.301. The third-order valence-electron chi connectivity index (χ3n) is 10.9. The molecule has 240 valence electrons. The molecule has 0 amide bonds. The molecule has 3 nitrogen and oxygen atoms in total. The molecular formula is C46H33O3P. The molecule has 0 spiro atoms. The summed E-state index contributed by atoms with van der Waals surface area (Å²) in [5.74, 6) is 1.70. The van der Waals surface area contributed by atoms with Gasteiger partial charge in [-0.3, -0.25) is 0 Å². The summed E-state index contributed by atoms with van der Waals surface area (Å²) < 4.78 is 30.3. The zero-order valence-corrected chi connectivity index (χ0v) is 28.8. The first-order valence-corrected chi connectivity index (χ1v) is 18.9. The van der Waals surface area contributed by atoms with Gasteiger partial charge in [0.1, 0.15) is 24.7 Å². The van der Waals surface area contributed by atoms with E-state index in [9.17, 15) is 0 Å². The van der Waals surface area contributed by atoms with Crippen LogP contribution < -0.4 is 25.4 Å². The molecule has 0 atom stereocenters. The standard InChI is InChI=1S/C46H33O3P/c1-28-35-26-48-37-24-14-12-22-33(37)41(35)43-44-42-34-23-13-15-25-38(34)49-27-36(42)29(2)40(31-18-8-4-9-19-31)46(44)50(47,32-20-10-5-11-21-32)45(43)39(28)30-16-6-3-7-17-30/h3-25H,26-27H2,1-2H3. The Bertz CT molecular complexity index is 2410. The molecule has 3 aliphatic rings. The van der Waals surface area contributed by atoms with Crippen LogP contribution in [0.25, 0.3) is 55.6 Å². The number of para-hydroxylation sites is 2. The van der Waals surface area contributed by atoms with E-state index in [1.807, 2.05) is 42.5 Å². The monoisotopic (exact) mass is 664 g/mol. The van der Waals surface area contributed by atoms with E-state index in [4.69, 9.17) is 9.47 Å². The Labute approximate surface area is 292 Å². The highest BCUT2D eigenvalue weighted by molar-refractivity contribution is 7.87. The summed E-state index contributed by atoms with van der Waals surface area (Å²) in [6, 6.07) is 47.9. The Balaban J connectivity index is 1.52. The molecule has 0 N–H and O–H groups in total. The lowest BCUT2D eigenvalue weighted by Crippen LogP contribution is -2.26. The van der Waals surface area contributed by atoms with E-state index >= 15 is 4.57 Å². The van der Waals surface area contributed by atoms with Crippen molar-refractivity contribution in [3.63, 3.8) is 0 Å². The van der Waals surface area contributed by atoms with Gasteiger partial charge in [-0.25, -0.2) is 0 Å². The molecule has 0 radical (unpaired) electrons. The fourth-order valence-electron chi connectivity index (χ4n) is 8.71. The predicted octanol–water partition coefficient (Wildman–Crippen LogP) is 10.4. The van der Waals surface area contributed by atoms with Gasteiger partial charge in [-0.1, -0.05) is 127 Å². The average Bonchev–Trinajstić information content (AvgIpc) is 3.44. The Morgan fingerprint density at radius 3 is 1.26 bits per heavy atom. The second kappa shape index (κ2) is 10.9. The molecule has 50 heavy (non-hydrogen) atoms. The highest BCUT2D eigenvalue weighted by Crippen LogP contribution is 2.64. The van der Waals surface area contributed by atoms with Gasteiger partial charge in [-0.2, -0.15) is 0 Å². The van der Waals surface area contributed by atoms with Crippen molar-refractivity contribution in [3.05, 3.63) is 162 Å². The van der Waals surface area contributed by atoms with Crippen LogP contribution in [0.2, 0.25) is 0 Å². The van der Waals surface area contributed by atoms with Gasteiger partial charge in [0.15, 0.2) is 7.14 Å². The smallest absolute Gasteiger partial charge is 0.173 e. The normalized spacial score (nSPS) is 14.2. The molecular weight excluding hydrogens is 631 g/mol. The summed E-state index contributed by atoms with van der Waals surface area (Å²) in [7, 11) is -3.56. The molecule has 10 rings (SSSR count). The lowest BCUT2D eigenvalue weighted by atomic mass is 9.78. The van der Waals surface area contributed by atoms with Crippen LogP contribution in [-0.2, 0) is 17.8 Å². The maximum Gasteiger partial charge on any atom is 0.173 e. The Kier molecular flexibility index (Phi) is 6.41. The minimum Gasteiger partial charge on any atom is -0.488 e. The minimum atomic E-state index is -3.56. The molecule has 7 aromatic carbocycles. The van der Waals surface area contributed by atoms with Gasteiger partial charge in [0.05, 0.1) is 0 Å². The largest absolute Gasteiger partial charge is 0.488 e. The molecule has 0 aliphatic carbocycles. The minimum absolute atomic E-state index is 0.440. The molecule has 0 bridgehead atoms. The van der Waals surface area contributed by atoms with E-state index in [1.54, 1.807) is 0 Å². The van der Waals surface area contributed by atoms with E-state index in [1.165, 1.54) is 0 Å². The van der Waals surface area contributed by atoms with Crippen LogP contribution in [0.3, 0.4) is 0 Å². The van der Waals surface area contributed by atoms with Crippen molar-refractivity contribution in [3.8, 4) is 67.1 Å². The van der Waals surface area contributed by atoms with Gasteiger partial charge in [0, 0.05) is 60.4 Å².